The number of aliphatic carboxylic acids is 1. The maximum atomic E-state index is 11.4. The fraction of sp³-hybridized carbons (Fsp3) is 0.161. The molecule has 0 bridgehead atoms. The second-order valence-electron chi connectivity index (χ2n) is 8.88. The van der Waals surface area contributed by atoms with E-state index in [1.165, 1.54) is 0 Å². The van der Waals surface area contributed by atoms with Gasteiger partial charge in [-0.2, -0.15) is 5.26 Å². The molecule has 0 heterocycles. The summed E-state index contributed by atoms with van der Waals surface area (Å²) in [6.07, 6.45) is 0. The lowest BCUT2D eigenvalue weighted by Gasteiger charge is -2.18. The Balaban J connectivity index is 1.58. The number of carbonyl (C=O) groups is 1. The SMILES string of the molecule is N#Cc1cccc(COc2cc(OCc3cccc(-c4ccccc4)c3Br)c(Cl)cc2CN[C@@H](CO)C(=O)O)c1. The first-order valence-corrected chi connectivity index (χ1v) is 13.5. The number of nitrogens with one attached hydrogen (secondary N) is 1. The molecule has 7 nitrogen and oxygen atoms in total. The lowest BCUT2D eigenvalue weighted by atomic mass is 10.0. The molecule has 0 spiro atoms. The molecule has 0 saturated carbocycles. The largest absolute Gasteiger partial charge is 0.488 e. The summed E-state index contributed by atoms with van der Waals surface area (Å²) in [7, 11) is 0. The summed E-state index contributed by atoms with van der Waals surface area (Å²) in [4.78, 5) is 11.4. The predicted octanol–water partition coefficient (Wildman–Crippen LogP) is 6.33. The van der Waals surface area contributed by atoms with E-state index >= 15 is 0 Å². The fourth-order valence-corrected chi connectivity index (χ4v) is 4.85. The number of carboxylic acid groups (broad SMARTS) is 1. The Bertz CT molecular complexity index is 1520. The van der Waals surface area contributed by atoms with Gasteiger partial charge in [0.15, 0.2) is 0 Å². The van der Waals surface area contributed by atoms with Gasteiger partial charge < -0.3 is 19.7 Å². The highest BCUT2D eigenvalue weighted by atomic mass is 79.9. The van der Waals surface area contributed by atoms with Crippen LogP contribution in [0.3, 0.4) is 0 Å². The first-order valence-electron chi connectivity index (χ1n) is 12.4. The third-order valence-electron chi connectivity index (χ3n) is 6.13. The zero-order valence-electron chi connectivity index (χ0n) is 21.3. The average molecular weight is 622 g/mol. The zero-order chi connectivity index (χ0) is 28.5. The minimum atomic E-state index is -1.17. The van der Waals surface area contributed by atoms with Crippen LogP contribution < -0.4 is 14.8 Å². The topological polar surface area (TPSA) is 112 Å². The molecule has 4 aromatic rings. The van der Waals surface area contributed by atoms with Crippen LogP contribution in [0.25, 0.3) is 11.1 Å². The van der Waals surface area contributed by atoms with Gasteiger partial charge >= 0.3 is 5.97 Å². The van der Waals surface area contributed by atoms with E-state index in [0.717, 1.165) is 26.7 Å². The molecule has 0 unspecified atom stereocenters. The van der Waals surface area contributed by atoms with E-state index in [0.29, 0.717) is 27.6 Å². The van der Waals surface area contributed by atoms with E-state index in [4.69, 9.17) is 21.1 Å². The summed E-state index contributed by atoms with van der Waals surface area (Å²) < 4.78 is 13.1. The molecule has 0 saturated heterocycles. The number of benzene rings is 4. The normalized spacial score (nSPS) is 11.4. The monoisotopic (exact) mass is 620 g/mol. The van der Waals surface area contributed by atoms with E-state index < -0.39 is 18.6 Å². The molecule has 0 amide bonds. The van der Waals surface area contributed by atoms with Crippen LogP contribution in [0, 0.1) is 11.3 Å². The van der Waals surface area contributed by atoms with Crippen LogP contribution in [0.15, 0.2) is 89.4 Å². The molecule has 204 valence electrons. The van der Waals surface area contributed by atoms with Gasteiger partial charge in [0, 0.05) is 28.2 Å². The summed E-state index contributed by atoms with van der Waals surface area (Å²) in [5.74, 6) is -0.360. The highest BCUT2D eigenvalue weighted by Crippen LogP contribution is 2.36. The molecule has 9 heteroatoms. The lowest BCUT2D eigenvalue weighted by molar-refractivity contribution is -0.140. The average Bonchev–Trinajstić information content (AvgIpc) is 2.97. The van der Waals surface area contributed by atoms with Crippen molar-refractivity contribution in [1.29, 1.82) is 5.26 Å². The van der Waals surface area contributed by atoms with Crippen molar-refractivity contribution < 1.29 is 24.5 Å². The van der Waals surface area contributed by atoms with Gasteiger partial charge in [0.2, 0.25) is 0 Å². The molecule has 4 rings (SSSR count). The van der Waals surface area contributed by atoms with Crippen molar-refractivity contribution in [3.05, 3.63) is 117 Å². The summed E-state index contributed by atoms with van der Waals surface area (Å²) in [6, 6.07) is 27.3. The molecule has 0 aromatic heterocycles. The molecule has 3 N–H and O–H groups in total. The number of ether oxygens (including phenoxy) is 2. The minimum Gasteiger partial charge on any atom is -0.488 e. The number of nitrogens with zero attached hydrogens (tertiary/aromatic N) is 1. The van der Waals surface area contributed by atoms with Gasteiger partial charge in [0.25, 0.3) is 0 Å². The van der Waals surface area contributed by atoms with Gasteiger partial charge in [0.1, 0.15) is 30.8 Å². The third kappa shape index (κ3) is 7.40. The molecule has 4 aromatic carbocycles. The van der Waals surface area contributed by atoms with Gasteiger partial charge in [-0.1, -0.05) is 72.3 Å². The molecule has 0 fully saturated rings. The van der Waals surface area contributed by atoms with Crippen LogP contribution in [0.5, 0.6) is 11.5 Å². The van der Waals surface area contributed by atoms with Gasteiger partial charge in [-0.05, 0) is 50.8 Å². The summed E-state index contributed by atoms with van der Waals surface area (Å²) in [6.45, 7) is -0.0987. The van der Waals surface area contributed by atoms with Crippen LogP contribution in [-0.4, -0.2) is 28.8 Å². The van der Waals surface area contributed by atoms with Crippen LogP contribution in [0.2, 0.25) is 5.02 Å². The molecular weight excluding hydrogens is 596 g/mol. The Labute approximate surface area is 245 Å². The van der Waals surface area contributed by atoms with Gasteiger partial charge in [-0.3, -0.25) is 10.1 Å². The van der Waals surface area contributed by atoms with E-state index in [-0.39, 0.29) is 19.8 Å². The summed E-state index contributed by atoms with van der Waals surface area (Å²) in [5.41, 5.74) is 4.92. The maximum absolute atomic E-state index is 11.4. The first kappa shape index (κ1) is 29.1. The van der Waals surface area contributed by atoms with Crippen molar-refractivity contribution in [2.45, 2.75) is 25.8 Å². The van der Waals surface area contributed by atoms with E-state index in [1.807, 2.05) is 54.6 Å². The number of aliphatic hydroxyl groups excluding tert-OH is 1. The third-order valence-corrected chi connectivity index (χ3v) is 7.36. The Morgan fingerprint density at radius 2 is 1.70 bits per heavy atom. The molecular formula is C31H26BrClN2O5. The van der Waals surface area contributed by atoms with E-state index in [2.05, 4.69) is 27.3 Å². The van der Waals surface area contributed by atoms with Crippen LogP contribution >= 0.6 is 27.5 Å². The maximum Gasteiger partial charge on any atom is 0.323 e. The van der Waals surface area contributed by atoms with Crippen molar-refractivity contribution in [3.63, 3.8) is 0 Å². The molecule has 1 atom stereocenters. The van der Waals surface area contributed by atoms with Crippen molar-refractivity contribution in [2.24, 2.45) is 0 Å². The number of halogens is 2. The minimum absolute atomic E-state index is 0.0791. The summed E-state index contributed by atoms with van der Waals surface area (Å²) >= 11 is 10.3. The standard InChI is InChI=1S/C31H26BrClN2O5/c32-30-23(10-5-11-25(30)22-8-2-1-3-9-22)19-40-29-14-28(39-18-21-7-4-6-20(12-21)15-34)24(13-26(29)33)16-35-27(17-36)31(37)38/h1-14,27,35-36H,16-19H2,(H,37,38)/t27-/m0/s1. The van der Waals surface area contributed by atoms with Crippen LogP contribution in [0.4, 0.5) is 0 Å². The fourth-order valence-electron chi connectivity index (χ4n) is 4.00. The summed E-state index contributed by atoms with van der Waals surface area (Å²) in [5, 5.41) is 31.0. The number of carboxylic acids is 1. The number of rotatable bonds is 12. The Morgan fingerprint density at radius 1 is 0.950 bits per heavy atom. The number of aliphatic hydroxyl groups is 1. The van der Waals surface area contributed by atoms with Crippen LogP contribution in [-0.2, 0) is 24.6 Å². The van der Waals surface area contributed by atoms with Crippen molar-refractivity contribution in [1.82, 2.24) is 5.32 Å². The van der Waals surface area contributed by atoms with Gasteiger partial charge in [0.05, 0.1) is 23.3 Å². The molecule has 0 aliphatic rings. The Kier molecular flexibility index (Phi) is 10.2. The first-order chi connectivity index (χ1) is 19.4. The van der Waals surface area contributed by atoms with Crippen LogP contribution in [0.1, 0.15) is 22.3 Å². The number of hydrogen-bond donors (Lipinski definition) is 3. The number of nitriles is 1. The second-order valence-corrected chi connectivity index (χ2v) is 10.1. The van der Waals surface area contributed by atoms with E-state index in [9.17, 15) is 20.3 Å². The molecule has 40 heavy (non-hydrogen) atoms. The Hall–Kier alpha value is -3.87. The second kappa shape index (κ2) is 14.0. The predicted molar refractivity (Wildman–Crippen MR) is 156 cm³/mol. The highest BCUT2D eigenvalue weighted by Gasteiger charge is 2.18. The van der Waals surface area contributed by atoms with Gasteiger partial charge in [-0.15, -0.1) is 0 Å². The van der Waals surface area contributed by atoms with Crippen molar-refractivity contribution >= 4 is 33.5 Å². The lowest BCUT2D eigenvalue weighted by Crippen LogP contribution is -2.39. The quantitative estimate of drug-likeness (QED) is 0.169. The highest BCUT2D eigenvalue weighted by molar-refractivity contribution is 9.10. The Morgan fingerprint density at radius 3 is 2.42 bits per heavy atom. The number of hydrogen-bond acceptors (Lipinski definition) is 6. The zero-order valence-corrected chi connectivity index (χ0v) is 23.7. The van der Waals surface area contributed by atoms with Gasteiger partial charge in [-0.25, -0.2) is 0 Å². The van der Waals surface area contributed by atoms with Crippen molar-refractivity contribution in [2.75, 3.05) is 6.61 Å². The molecule has 0 aliphatic heterocycles. The smallest absolute Gasteiger partial charge is 0.323 e. The van der Waals surface area contributed by atoms with Crippen molar-refractivity contribution in [3.8, 4) is 28.7 Å². The molecule has 0 radical (unpaired) electrons. The molecule has 0 aliphatic carbocycles. The van der Waals surface area contributed by atoms with E-state index in [1.54, 1.807) is 30.3 Å².